The van der Waals surface area contributed by atoms with E-state index in [1.807, 2.05) is 7.11 Å². The Labute approximate surface area is 685 Å². The minimum Gasteiger partial charge on any atom is -0.381 e. The zero-order valence-electron chi connectivity index (χ0n) is 75.0. The molecular weight excluding hydrogens is 1330 g/mol. The molecule has 14 saturated carbocycles. The van der Waals surface area contributed by atoms with E-state index in [0.717, 1.165) is 149 Å². The maximum Gasteiger partial charge on any atom is 0.0610 e. The number of unbranched alkanes of at least 4 members (excludes halogenated alkanes) is 13. The molecule has 14 rings (SSSR count). The molecule has 630 valence electrons. The second kappa shape index (κ2) is 42.1. The SMILES string of the molecule is CCCCCCC1(CCCCCC)C2CCCCC2C2CCC(/C(=C\C3CCC(C)CC3)C3CCC(C4C5CCCCC5C(C5CCC(/C(=C/C6CCC(C7CC(OC)C(C)CC7OCC(C)CCCC)CC6)C6CCC7C8CCCCC8C(CCCCCC)(CCCCCC)C7C6)CC5)C5CCCCC54)CC3)CC21. The second-order valence-corrected chi connectivity index (χ2v) is 45.0. The molecule has 0 aromatic carbocycles. The highest BCUT2D eigenvalue weighted by atomic mass is 16.5. The van der Waals surface area contributed by atoms with E-state index in [0.29, 0.717) is 40.8 Å². The van der Waals surface area contributed by atoms with E-state index in [9.17, 15) is 0 Å². The van der Waals surface area contributed by atoms with Crippen molar-refractivity contribution in [2.45, 2.75) is 472 Å². The van der Waals surface area contributed by atoms with Crippen LogP contribution in [0, 0.1) is 171 Å². The van der Waals surface area contributed by atoms with Gasteiger partial charge in [-0.2, -0.15) is 0 Å². The molecule has 0 bridgehead atoms. The number of methoxy groups -OCH3 is 1. The summed E-state index contributed by atoms with van der Waals surface area (Å²) in [4.78, 5) is 0. The maximum atomic E-state index is 7.15. The Morgan fingerprint density at radius 2 is 0.691 bits per heavy atom. The molecule has 0 spiro atoms. The molecule has 14 aliphatic rings. The average Bonchev–Trinajstić information content (AvgIpc) is 1.69. The van der Waals surface area contributed by atoms with Crippen molar-refractivity contribution in [2.75, 3.05) is 13.7 Å². The third-order valence-corrected chi connectivity index (χ3v) is 39.2. The Hall–Kier alpha value is -0.600. The molecule has 0 amide bonds. The highest BCUT2D eigenvalue weighted by molar-refractivity contribution is 5.22. The van der Waals surface area contributed by atoms with Crippen LogP contribution in [0.2, 0.25) is 0 Å². The van der Waals surface area contributed by atoms with Crippen molar-refractivity contribution >= 4 is 0 Å². The molecule has 0 saturated heterocycles. The summed E-state index contributed by atoms with van der Waals surface area (Å²) in [5.41, 5.74) is 5.52. The van der Waals surface area contributed by atoms with Crippen molar-refractivity contribution in [1.82, 2.24) is 0 Å². The molecule has 0 aliphatic heterocycles. The van der Waals surface area contributed by atoms with E-state index < -0.39 is 0 Å². The fourth-order valence-corrected chi connectivity index (χ4v) is 34.1. The summed E-state index contributed by atoms with van der Waals surface area (Å²) >= 11 is 0. The number of fused-ring (bicyclic) bond motifs is 8. The van der Waals surface area contributed by atoms with Gasteiger partial charge in [0.15, 0.2) is 0 Å². The summed E-state index contributed by atoms with van der Waals surface area (Å²) in [6.07, 6.45) is 102. The van der Waals surface area contributed by atoms with Gasteiger partial charge in [-0.05, 0) is 395 Å². The summed E-state index contributed by atoms with van der Waals surface area (Å²) in [5.74, 6) is 25.4. The first-order chi connectivity index (χ1) is 54.0. The van der Waals surface area contributed by atoms with Gasteiger partial charge in [0.05, 0.1) is 12.2 Å². The van der Waals surface area contributed by atoms with Crippen LogP contribution in [0.25, 0.3) is 0 Å². The largest absolute Gasteiger partial charge is 0.381 e. The van der Waals surface area contributed by atoms with Crippen LogP contribution >= 0.6 is 0 Å². The van der Waals surface area contributed by atoms with Gasteiger partial charge in [0.2, 0.25) is 0 Å². The highest BCUT2D eigenvalue weighted by Crippen LogP contribution is 2.71. The van der Waals surface area contributed by atoms with E-state index in [2.05, 4.69) is 78.7 Å². The summed E-state index contributed by atoms with van der Waals surface area (Å²) in [7, 11) is 2.02. The molecule has 14 fully saturated rings. The minimum absolute atomic E-state index is 0.396. The number of allylic oxidation sites excluding steroid dienone is 4. The van der Waals surface area contributed by atoms with Crippen LogP contribution < -0.4 is 0 Å². The van der Waals surface area contributed by atoms with E-state index >= 15 is 0 Å². The van der Waals surface area contributed by atoms with Crippen LogP contribution in [0.1, 0.15) is 460 Å². The Kier molecular flexibility index (Phi) is 32.8. The van der Waals surface area contributed by atoms with Crippen LogP contribution in [-0.4, -0.2) is 25.9 Å². The lowest BCUT2D eigenvalue weighted by molar-refractivity contribution is -0.113. The van der Waals surface area contributed by atoms with Crippen LogP contribution in [-0.2, 0) is 9.47 Å². The lowest BCUT2D eigenvalue weighted by atomic mass is 9.45. The number of ether oxygens (including phenoxy) is 2. The Morgan fingerprint density at radius 1 is 0.327 bits per heavy atom. The molecule has 14 aliphatic carbocycles. The molecule has 0 radical (unpaired) electrons. The van der Waals surface area contributed by atoms with Crippen molar-refractivity contribution in [3.05, 3.63) is 23.3 Å². The summed E-state index contributed by atoms with van der Waals surface area (Å²) in [5, 5.41) is 0. The average molecular weight is 1520 g/mol. The quantitative estimate of drug-likeness (QED) is 0.0460. The fraction of sp³-hybridized carbons (Fsp3) is 0.963. The Balaban J connectivity index is 0.696. The first-order valence-electron chi connectivity index (χ1n) is 52.6. The molecule has 0 heterocycles. The predicted octanol–water partition coefficient (Wildman–Crippen LogP) is 32.8. The highest BCUT2D eigenvalue weighted by Gasteiger charge is 2.63. The summed E-state index contributed by atoms with van der Waals surface area (Å²) in [6.45, 7) is 20.7. The molecule has 0 aromatic heterocycles. The van der Waals surface area contributed by atoms with Gasteiger partial charge in [-0.25, -0.2) is 0 Å². The monoisotopic (exact) mass is 1520 g/mol. The molecule has 0 aromatic rings. The Bertz CT molecular complexity index is 2630. The van der Waals surface area contributed by atoms with Crippen molar-refractivity contribution in [2.24, 2.45) is 171 Å². The van der Waals surface area contributed by atoms with Crippen molar-refractivity contribution < 1.29 is 9.47 Å². The first-order valence-corrected chi connectivity index (χ1v) is 52.6. The smallest absolute Gasteiger partial charge is 0.0610 e. The van der Waals surface area contributed by atoms with Gasteiger partial charge in [0, 0.05) is 13.7 Å². The maximum absolute atomic E-state index is 7.15. The van der Waals surface area contributed by atoms with Gasteiger partial charge in [0.1, 0.15) is 0 Å². The molecule has 19 unspecified atom stereocenters. The number of hydrogen-bond acceptors (Lipinski definition) is 2. The van der Waals surface area contributed by atoms with Gasteiger partial charge in [-0.15, -0.1) is 0 Å². The first kappa shape index (κ1) is 85.8. The Morgan fingerprint density at radius 3 is 1.09 bits per heavy atom. The zero-order chi connectivity index (χ0) is 76.0. The number of rotatable bonds is 36. The van der Waals surface area contributed by atoms with Crippen molar-refractivity contribution in [3.63, 3.8) is 0 Å². The summed E-state index contributed by atoms with van der Waals surface area (Å²) in [6, 6.07) is 0. The third-order valence-electron chi connectivity index (χ3n) is 39.2. The van der Waals surface area contributed by atoms with Gasteiger partial charge in [-0.3, -0.25) is 0 Å². The van der Waals surface area contributed by atoms with Crippen molar-refractivity contribution in [3.8, 4) is 0 Å². The summed E-state index contributed by atoms with van der Waals surface area (Å²) < 4.78 is 13.5. The molecule has 19 atom stereocenters. The van der Waals surface area contributed by atoms with Gasteiger partial charge < -0.3 is 9.47 Å². The third kappa shape index (κ3) is 19.7. The van der Waals surface area contributed by atoms with Crippen molar-refractivity contribution in [1.29, 1.82) is 0 Å². The van der Waals surface area contributed by atoms with Crippen LogP contribution in [0.3, 0.4) is 0 Å². The van der Waals surface area contributed by atoms with E-state index in [1.54, 1.807) is 205 Å². The lowest BCUT2D eigenvalue weighted by Crippen LogP contribution is -2.53. The molecule has 0 N–H and O–H groups in total. The van der Waals surface area contributed by atoms with Crippen LogP contribution in [0.15, 0.2) is 23.3 Å². The standard InChI is InChI=1S/C108H186O2/c1-10-15-20-32-65-107(66-33-21-16-11-2)99-43-30-28-37-88(99)90-63-61-86(72-101(90)107)96(70-79-47-45-76(6)46-48-79)81-53-57-84(58-54-81)105-92-39-24-26-41-94(92)106(95-42-27-25-40-93(95)105)85-59-55-82(56-60-85)97(71-80-49-51-83(52-50-80)98-74-103(109-9)78(8)69-104(98)110-75-77(7)36-19-14-5)87-62-64-91-89-38-29-31-44-100(89)108(102(91)73-87,67-34-22-17-12-3)68-35-23-18-13-4/h70-71,76-95,98-106H,10-69,72-75H2,1-9H3/b96-70-,97-71-. The molecular formula is C108H186O2. The van der Waals surface area contributed by atoms with Gasteiger partial charge in [-0.1, -0.05) is 258 Å². The fourth-order valence-electron chi connectivity index (χ4n) is 34.1. The topological polar surface area (TPSA) is 18.5 Å². The normalized spacial score (nSPS) is 42.5. The van der Waals surface area contributed by atoms with Crippen LogP contribution in [0.4, 0.5) is 0 Å². The molecule has 2 nitrogen and oxygen atoms in total. The lowest BCUT2D eigenvalue weighted by Gasteiger charge is -2.60. The second-order valence-electron chi connectivity index (χ2n) is 45.0. The number of hydrogen-bond donors (Lipinski definition) is 0. The van der Waals surface area contributed by atoms with Gasteiger partial charge >= 0.3 is 0 Å². The van der Waals surface area contributed by atoms with E-state index in [-0.39, 0.29) is 0 Å². The molecule has 2 heteroatoms. The van der Waals surface area contributed by atoms with E-state index in [1.165, 1.54) is 199 Å². The predicted molar refractivity (Wildman–Crippen MR) is 472 cm³/mol. The van der Waals surface area contributed by atoms with E-state index in [4.69, 9.17) is 9.47 Å². The van der Waals surface area contributed by atoms with Crippen LogP contribution in [0.5, 0.6) is 0 Å². The zero-order valence-corrected chi connectivity index (χ0v) is 75.0. The minimum atomic E-state index is 0.396. The molecule has 110 heavy (non-hydrogen) atoms. The van der Waals surface area contributed by atoms with Gasteiger partial charge in [0.25, 0.3) is 0 Å².